The highest BCUT2D eigenvalue weighted by Gasteiger charge is 2.17. The van der Waals surface area contributed by atoms with Crippen LogP contribution in [0.15, 0.2) is 45.3 Å². The van der Waals surface area contributed by atoms with Gasteiger partial charge in [-0.05, 0) is 59.7 Å². The quantitative estimate of drug-likeness (QED) is 0.663. The lowest BCUT2D eigenvalue weighted by molar-refractivity contribution is 0.446. The largest absolute Gasteiger partial charge is 0.456 e. The van der Waals surface area contributed by atoms with Gasteiger partial charge < -0.3 is 10.1 Å². The lowest BCUT2D eigenvalue weighted by Crippen LogP contribution is -2.19. The summed E-state index contributed by atoms with van der Waals surface area (Å²) < 4.78 is 21.8. The van der Waals surface area contributed by atoms with Crippen molar-refractivity contribution in [3.05, 3.63) is 56.7 Å². The van der Waals surface area contributed by atoms with E-state index in [1.54, 1.807) is 12.1 Å². The highest BCUT2D eigenvalue weighted by Crippen LogP contribution is 2.36. The van der Waals surface area contributed by atoms with E-state index in [4.69, 9.17) is 4.74 Å². The molecule has 0 aromatic heterocycles. The van der Waals surface area contributed by atoms with E-state index in [1.165, 1.54) is 6.07 Å². The molecule has 0 aliphatic heterocycles. The number of hydrogen-bond acceptors (Lipinski definition) is 2. The zero-order valence-corrected chi connectivity index (χ0v) is 15.0. The minimum absolute atomic E-state index is 0.125. The van der Waals surface area contributed by atoms with Gasteiger partial charge in [-0.2, -0.15) is 0 Å². The van der Waals surface area contributed by atoms with E-state index in [0.29, 0.717) is 17.1 Å². The average molecular weight is 417 g/mol. The van der Waals surface area contributed by atoms with Crippen LogP contribution >= 0.6 is 31.9 Å². The lowest BCUT2D eigenvalue weighted by atomic mass is 10.1. The van der Waals surface area contributed by atoms with Gasteiger partial charge in [0.2, 0.25) is 0 Å². The number of nitrogens with one attached hydrogen (secondary N) is 1. The number of halogens is 3. The van der Waals surface area contributed by atoms with Crippen LogP contribution in [0.1, 0.15) is 25.5 Å². The van der Waals surface area contributed by atoms with Crippen molar-refractivity contribution in [2.75, 3.05) is 6.54 Å². The number of rotatable bonds is 5. The van der Waals surface area contributed by atoms with Crippen molar-refractivity contribution in [1.82, 2.24) is 5.32 Å². The van der Waals surface area contributed by atoms with Crippen LogP contribution in [0.2, 0.25) is 0 Å². The van der Waals surface area contributed by atoms with Crippen molar-refractivity contribution in [1.29, 1.82) is 0 Å². The van der Waals surface area contributed by atoms with Crippen molar-refractivity contribution in [3.63, 3.8) is 0 Å². The third kappa shape index (κ3) is 4.05. The Kier molecular flexibility index (Phi) is 5.79. The number of hydrogen-bond donors (Lipinski definition) is 1. The first kappa shape index (κ1) is 16.5. The summed E-state index contributed by atoms with van der Waals surface area (Å²) in [6, 6.07) is 10.4. The van der Waals surface area contributed by atoms with Crippen LogP contribution < -0.4 is 10.1 Å². The average Bonchev–Trinajstić information content (AvgIpc) is 2.42. The van der Waals surface area contributed by atoms with E-state index >= 15 is 0 Å². The highest BCUT2D eigenvalue weighted by atomic mass is 79.9. The monoisotopic (exact) mass is 415 g/mol. The Morgan fingerprint density at radius 1 is 1.19 bits per heavy atom. The lowest BCUT2D eigenvalue weighted by Gasteiger charge is -2.18. The van der Waals surface area contributed by atoms with Crippen molar-refractivity contribution in [2.45, 2.75) is 19.9 Å². The summed E-state index contributed by atoms with van der Waals surface area (Å²) in [5.41, 5.74) is 0.536. The van der Waals surface area contributed by atoms with Gasteiger partial charge in [0.05, 0.1) is 4.47 Å². The Hall–Kier alpha value is -0.910. The second kappa shape index (κ2) is 7.38. The fourth-order valence-corrected chi connectivity index (χ4v) is 3.24. The van der Waals surface area contributed by atoms with Crippen molar-refractivity contribution < 1.29 is 9.13 Å². The molecule has 0 amide bonds. The van der Waals surface area contributed by atoms with E-state index in [1.807, 2.05) is 32.0 Å². The molecule has 0 heterocycles. The van der Waals surface area contributed by atoms with Crippen LogP contribution in [0.25, 0.3) is 0 Å². The molecule has 2 aromatic carbocycles. The Morgan fingerprint density at radius 2 is 1.95 bits per heavy atom. The van der Waals surface area contributed by atoms with Gasteiger partial charge in [-0.1, -0.05) is 28.9 Å². The van der Waals surface area contributed by atoms with Crippen molar-refractivity contribution >= 4 is 31.9 Å². The van der Waals surface area contributed by atoms with Crippen molar-refractivity contribution in [3.8, 4) is 11.5 Å². The summed E-state index contributed by atoms with van der Waals surface area (Å²) in [7, 11) is 0. The SMILES string of the molecule is CCNC(C)c1c(F)cccc1Oc1ccc(Br)cc1Br. The molecule has 1 unspecified atom stereocenters. The predicted octanol–water partition coefficient (Wildman–Crippen LogP) is 5.81. The summed E-state index contributed by atoms with van der Waals surface area (Å²) in [4.78, 5) is 0. The van der Waals surface area contributed by atoms with Gasteiger partial charge in [0.1, 0.15) is 17.3 Å². The van der Waals surface area contributed by atoms with Gasteiger partial charge >= 0.3 is 0 Å². The molecular formula is C16H16Br2FNO. The van der Waals surface area contributed by atoms with Crippen LogP contribution in [0.3, 0.4) is 0 Å². The minimum Gasteiger partial charge on any atom is -0.456 e. The molecule has 0 aliphatic rings. The van der Waals surface area contributed by atoms with Gasteiger partial charge in [0.25, 0.3) is 0 Å². The van der Waals surface area contributed by atoms with E-state index in [0.717, 1.165) is 15.5 Å². The fraction of sp³-hybridized carbons (Fsp3) is 0.250. The maximum absolute atomic E-state index is 14.2. The van der Waals surface area contributed by atoms with Gasteiger partial charge in [-0.15, -0.1) is 0 Å². The number of benzene rings is 2. The Morgan fingerprint density at radius 3 is 2.62 bits per heavy atom. The van der Waals surface area contributed by atoms with Crippen molar-refractivity contribution in [2.24, 2.45) is 0 Å². The Bertz CT molecular complexity index is 634. The maximum Gasteiger partial charge on any atom is 0.141 e. The second-order valence-corrected chi connectivity index (χ2v) is 6.38. The van der Waals surface area contributed by atoms with Gasteiger partial charge in [-0.3, -0.25) is 0 Å². The molecule has 0 spiro atoms. The van der Waals surface area contributed by atoms with E-state index < -0.39 is 0 Å². The van der Waals surface area contributed by atoms with Gasteiger partial charge in [-0.25, -0.2) is 4.39 Å². The highest BCUT2D eigenvalue weighted by molar-refractivity contribution is 9.11. The zero-order chi connectivity index (χ0) is 15.4. The van der Waals surface area contributed by atoms with Gasteiger partial charge in [0.15, 0.2) is 0 Å². The normalized spacial score (nSPS) is 12.2. The molecule has 0 aliphatic carbocycles. The molecule has 2 aromatic rings. The molecule has 0 fully saturated rings. The molecule has 2 rings (SSSR count). The summed E-state index contributed by atoms with van der Waals surface area (Å²) in [5.74, 6) is 0.898. The standard InChI is InChI=1S/C16H16Br2FNO/c1-3-20-10(2)16-13(19)5-4-6-15(16)21-14-8-7-11(17)9-12(14)18/h4-10,20H,3H2,1-2H3. The molecule has 2 nitrogen and oxygen atoms in total. The van der Waals surface area contributed by atoms with Crippen LogP contribution in [-0.2, 0) is 0 Å². The van der Waals surface area contributed by atoms with Crippen LogP contribution in [0, 0.1) is 5.82 Å². The number of ether oxygens (including phenoxy) is 1. The molecule has 0 bridgehead atoms. The third-order valence-electron chi connectivity index (χ3n) is 3.07. The Balaban J connectivity index is 2.37. The Labute approximate surface area is 141 Å². The molecule has 112 valence electrons. The summed E-state index contributed by atoms with van der Waals surface area (Å²) >= 11 is 6.85. The molecule has 1 N–H and O–H groups in total. The third-order valence-corrected chi connectivity index (χ3v) is 4.18. The molecule has 21 heavy (non-hydrogen) atoms. The molecule has 5 heteroatoms. The second-order valence-electron chi connectivity index (χ2n) is 4.61. The first-order valence-electron chi connectivity index (χ1n) is 6.67. The smallest absolute Gasteiger partial charge is 0.141 e. The zero-order valence-electron chi connectivity index (χ0n) is 11.8. The summed E-state index contributed by atoms with van der Waals surface area (Å²) in [6.45, 7) is 4.67. The topological polar surface area (TPSA) is 21.3 Å². The van der Waals surface area contributed by atoms with Gasteiger partial charge in [0, 0.05) is 16.1 Å². The minimum atomic E-state index is -0.269. The first-order valence-corrected chi connectivity index (χ1v) is 8.26. The van der Waals surface area contributed by atoms with Crippen LogP contribution in [0.5, 0.6) is 11.5 Å². The molecule has 0 saturated carbocycles. The van der Waals surface area contributed by atoms with E-state index in [-0.39, 0.29) is 11.9 Å². The fourth-order valence-electron chi connectivity index (χ4n) is 2.11. The van der Waals surface area contributed by atoms with Crippen LogP contribution in [-0.4, -0.2) is 6.54 Å². The molecule has 1 atom stereocenters. The molecule has 0 saturated heterocycles. The molecule has 0 radical (unpaired) electrons. The van der Waals surface area contributed by atoms with E-state index in [2.05, 4.69) is 37.2 Å². The summed E-state index contributed by atoms with van der Waals surface area (Å²) in [6.07, 6.45) is 0. The summed E-state index contributed by atoms with van der Waals surface area (Å²) in [5, 5.41) is 3.21. The van der Waals surface area contributed by atoms with Crippen LogP contribution in [0.4, 0.5) is 4.39 Å². The predicted molar refractivity (Wildman–Crippen MR) is 90.4 cm³/mol. The maximum atomic E-state index is 14.2. The molecular weight excluding hydrogens is 401 g/mol. The first-order chi connectivity index (χ1) is 10.0. The van der Waals surface area contributed by atoms with E-state index in [9.17, 15) is 4.39 Å².